The Morgan fingerprint density at radius 2 is 1.45 bits per heavy atom. The van der Waals surface area contributed by atoms with Crippen LogP contribution in [-0.4, -0.2) is 23.0 Å². The van der Waals surface area contributed by atoms with Crippen LogP contribution in [0.4, 0.5) is 0 Å². The molecule has 0 radical (unpaired) electrons. The van der Waals surface area contributed by atoms with Gasteiger partial charge >= 0.3 is 5.97 Å². The molecule has 0 aliphatic carbocycles. The number of aliphatic carboxylic acids is 1. The van der Waals surface area contributed by atoms with Gasteiger partial charge in [-0.25, -0.2) is 4.79 Å². The molecule has 1 amide bonds. The van der Waals surface area contributed by atoms with Gasteiger partial charge in [0.25, 0.3) is 0 Å². The predicted octanol–water partition coefficient (Wildman–Crippen LogP) is 3.89. The molecule has 20 heavy (non-hydrogen) atoms. The van der Waals surface area contributed by atoms with Crippen LogP contribution < -0.4 is 5.32 Å². The number of amides is 1. The van der Waals surface area contributed by atoms with Crippen LogP contribution in [0.2, 0.25) is 0 Å². The van der Waals surface area contributed by atoms with Crippen LogP contribution in [0.5, 0.6) is 0 Å². The van der Waals surface area contributed by atoms with E-state index >= 15 is 0 Å². The molecular formula is C16H31NO3. The Hall–Kier alpha value is -1.06. The van der Waals surface area contributed by atoms with Crippen molar-refractivity contribution in [3.05, 3.63) is 0 Å². The molecule has 2 N–H and O–H groups in total. The Morgan fingerprint density at radius 3 is 1.95 bits per heavy atom. The smallest absolute Gasteiger partial charge is 0.326 e. The highest BCUT2D eigenvalue weighted by Crippen LogP contribution is 2.09. The van der Waals surface area contributed by atoms with Crippen molar-refractivity contribution in [2.75, 3.05) is 0 Å². The highest BCUT2D eigenvalue weighted by Gasteiger charge is 2.18. The molecule has 0 unspecified atom stereocenters. The second-order valence-electron chi connectivity index (χ2n) is 5.47. The summed E-state index contributed by atoms with van der Waals surface area (Å²) in [6.45, 7) is 4.13. The second kappa shape index (κ2) is 12.9. The normalized spacial score (nSPS) is 12.1. The Kier molecular flexibility index (Phi) is 12.3. The molecule has 0 bridgehead atoms. The summed E-state index contributed by atoms with van der Waals surface area (Å²) < 4.78 is 0. The van der Waals surface area contributed by atoms with Gasteiger partial charge in [0.2, 0.25) is 5.91 Å². The minimum Gasteiger partial charge on any atom is -0.480 e. The zero-order valence-electron chi connectivity index (χ0n) is 13.1. The van der Waals surface area contributed by atoms with Crippen LogP contribution in [0.25, 0.3) is 0 Å². The molecule has 0 aromatic rings. The van der Waals surface area contributed by atoms with Gasteiger partial charge in [-0.05, 0) is 12.8 Å². The molecule has 0 aromatic heterocycles. The molecule has 0 aliphatic rings. The summed E-state index contributed by atoms with van der Waals surface area (Å²) in [5.74, 6) is -1.06. The fraction of sp³-hybridized carbons (Fsp3) is 0.875. The summed E-state index contributed by atoms with van der Waals surface area (Å²) in [6.07, 6.45) is 11.2. The molecule has 1 atom stereocenters. The summed E-state index contributed by atoms with van der Waals surface area (Å²) in [4.78, 5) is 22.5. The van der Waals surface area contributed by atoms with E-state index in [1.165, 1.54) is 38.5 Å². The average molecular weight is 285 g/mol. The number of carboxylic acids is 1. The van der Waals surface area contributed by atoms with Crippen LogP contribution in [0.15, 0.2) is 0 Å². The van der Waals surface area contributed by atoms with E-state index in [1.54, 1.807) is 0 Å². The van der Waals surface area contributed by atoms with E-state index in [4.69, 9.17) is 5.11 Å². The lowest BCUT2D eigenvalue weighted by Crippen LogP contribution is -2.40. The number of nitrogens with one attached hydrogen (secondary N) is 1. The lowest BCUT2D eigenvalue weighted by molar-refractivity contribution is -0.142. The highest BCUT2D eigenvalue weighted by molar-refractivity contribution is 5.83. The summed E-state index contributed by atoms with van der Waals surface area (Å²) in [7, 11) is 0. The quantitative estimate of drug-likeness (QED) is 0.505. The van der Waals surface area contributed by atoms with Crippen molar-refractivity contribution in [3.63, 3.8) is 0 Å². The first kappa shape index (κ1) is 18.9. The molecule has 0 saturated heterocycles. The number of unbranched alkanes of at least 4 members (excludes halogenated alkanes) is 7. The van der Waals surface area contributed by atoms with E-state index in [9.17, 15) is 9.59 Å². The van der Waals surface area contributed by atoms with Gasteiger partial charge in [0.1, 0.15) is 6.04 Å². The second-order valence-corrected chi connectivity index (χ2v) is 5.47. The molecule has 0 fully saturated rings. The molecule has 4 heteroatoms. The maximum atomic E-state index is 11.6. The Bertz CT molecular complexity index is 266. The van der Waals surface area contributed by atoms with Crippen molar-refractivity contribution in [1.82, 2.24) is 5.32 Å². The Labute approximate surface area is 123 Å². The summed E-state index contributed by atoms with van der Waals surface area (Å²) in [6, 6.07) is -0.721. The lowest BCUT2D eigenvalue weighted by atomic mass is 10.1. The van der Waals surface area contributed by atoms with E-state index in [1.807, 2.05) is 6.92 Å². The molecule has 0 aromatic carbocycles. The maximum absolute atomic E-state index is 11.6. The maximum Gasteiger partial charge on any atom is 0.326 e. The minimum absolute atomic E-state index is 0.128. The standard InChI is InChI=1S/C16H31NO3/c1-3-5-6-7-8-9-10-11-13-15(18)17-14(12-4-2)16(19)20/h14H,3-13H2,1-2H3,(H,17,18)(H,19,20)/t14-/m0/s1. The first-order chi connectivity index (χ1) is 9.61. The minimum atomic E-state index is -0.934. The first-order valence-corrected chi connectivity index (χ1v) is 8.14. The van der Waals surface area contributed by atoms with Gasteiger partial charge in [-0.1, -0.05) is 65.2 Å². The van der Waals surface area contributed by atoms with E-state index in [0.717, 1.165) is 19.3 Å². The Morgan fingerprint density at radius 1 is 0.900 bits per heavy atom. The van der Waals surface area contributed by atoms with Gasteiger partial charge in [-0.3, -0.25) is 4.79 Å². The van der Waals surface area contributed by atoms with Crippen LogP contribution in [0.1, 0.15) is 84.5 Å². The number of carbonyl (C=O) groups is 2. The summed E-state index contributed by atoms with van der Waals surface area (Å²) in [5, 5.41) is 11.5. The third kappa shape index (κ3) is 10.8. The topological polar surface area (TPSA) is 66.4 Å². The van der Waals surface area contributed by atoms with E-state index in [0.29, 0.717) is 12.8 Å². The van der Waals surface area contributed by atoms with Crippen molar-refractivity contribution >= 4 is 11.9 Å². The molecule has 0 spiro atoms. The number of carbonyl (C=O) groups excluding carboxylic acids is 1. The van der Waals surface area contributed by atoms with Gasteiger partial charge in [0, 0.05) is 6.42 Å². The molecule has 4 nitrogen and oxygen atoms in total. The zero-order chi connectivity index (χ0) is 15.2. The lowest BCUT2D eigenvalue weighted by Gasteiger charge is -2.13. The molecule has 0 saturated carbocycles. The third-order valence-electron chi connectivity index (χ3n) is 3.47. The van der Waals surface area contributed by atoms with Crippen LogP contribution >= 0.6 is 0 Å². The fourth-order valence-corrected chi connectivity index (χ4v) is 2.23. The molecule has 0 heterocycles. The van der Waals surface area contributed by atoms with E-state index in [2.05, 4.69) is 12.2 Å². The van der Waals surface area contributed by atoms with Gasteiger partial charge in [-0.2, -0.15) is 0 Å². The molecule has 0 rings (SSSR count). The number of carboxylic acid groups (broad SMARTS) is 1. The fourth-order valence-electron chi connectivity index (χ4n) is 2.23. The van der Waals surface area contributed by atoms with Crippen LogP contribution in [-0.2, 0) is 9.59 Å². The molecule has 118 valence electrons. The van der Waals surface area contributed by atoms with Crippen molar-refractivity contribution < 1.29 is 14.7 Å². The number of hydrogen-bond acceptors (Lipinski definition) is 2. The average Bonchev–Trinajstić information content (AvgIpc) is 2.41. The number of rotatable bonds is 13. The molecule has 0 aliphatic heterocycles. The molecular weight excluding hydrogens is 254 g/mol. The monoisotopic (exact) mass is 285 g/mol. The summed E-state index contributed by atoms with van der Waals surface area (Å²) in [5.41, 5.74) is 0. The Balaban J connectivity index is 3.55. The van der Waals surface area contributed by atoms with E-state index in [-0.39, 0.29) is 5.91 Å². The van der Waals surface area contributed by atoms with Gasteiger partial charge in [0.15, 0.2) is 0 Å². The van der Waals surface area contributed by atoms with Crippen LogP contribution in [0, 0.1) is 0 Å². The van der Waals surface area contributed by atoms with Crippen LogP contribution in [0.3, 0.4) is 0 Å². The van der Waals surface area contributed by atoms with Crippen molar-refractivity contribution in [2.45, 2.75) is 90.5 Å². The van der Waals surface area contributed by atoms with Crippen molar-refractivity contribution in [3.8, 4) is 0 Å². The number of hydrogen-bond donors (Lipinski definition) is 2. The predicted molar refractivity (Wildman–Crippen MR) is 81.7 cm³/mol. The van der Waals surface area contributed by atoms with Gasteiger partial charge in [-0.15, -0.1) is 0 Å². The van der Waals surface area contributed by atoms with Gasteiger partial charge < -0.3 is 10.4 Å². The zero-order valence-corrected chi connectivity index (χ0v) is 13.1. The van der Waals surface area contributed by atoms with Crippen molar-refractivity contribution in [2.24, 2.45) is 0 Å². The third-order valence-corrected chi connectivity index (χ3v) is 3.47. The summed E-state index contributed by atoms with van der Waals surface area (Å²) >= 11 is 0. The van der Waals surface area contributed by atoms with E-state index < -0.39 is 12.0 Å². The van der Waals surface area contributed by atoms with Crippen molar-refractivity contribution in [1.29, 1.82) is 0 Å². The first-order valence-electron chi connectivity index (χ1n) is 8.14. The van der Waals surface area contributed by atoms with Gasteiger partial charge in [0.05, 0.1) is 0 Å². The largest absolute Gasteiger partial charge is 0.480 e. The SMILES string of the molecule is CCCCCCCCCCC(=O)N[C@@H](CCC)C(=O)O. The highest BCUT2D eigenvalue weighted by atomic mass is 16.4.